The molecule has 0 spiro atoms. The molecular weight excluding hydrogens is 150 g/mol. The van der Waals surface area contributed by atoms with Crippen molar-refractivity contribution >= 4 is 0 Å². The van der Waals surface area contributed by atoms with Crippen molar-refractivity contribution in [3.8, 4) is 0 Å². The Bertz CT molecular complexity index is 274. The van der Waals surface area contributed by atoms with Gasteiger partial charge in [0.2, 0.25) is 0 Å². The maximum absolute atomic E-state index is 5.98. The Morgan fingerprint density at radius 1 is 1.50 bits per heavy atom. The maximum atomic E-state index is 5.98. The molecule has 1 aliphatic carbocycles. The second kappa shape index (κ2) is 3.15. The fourth-order valence-corrected chi connectivity index (χ4v) is 1.63. The van der Waals surface area contributed by atoms with Gasteiger partial charge in [0.05, 0.1) is 12.3 Å². The SMILES string of the molecule is NC(C1=CCCC1)c1ccco1. The van der Waals surface area contributed by atoms with E-state index in [0.29, 0.717) is 0 Å². The molecule has 2 rings (SSSR count). The maximum Gasteiger partial charge on any atom is 0.124 e. The number of hydrogen-bond acceptors (Lipinski definition) is 2. The first-order chi connectivity index (χ1) is 5.88. The zero-order chi connectivity index (χ0) is 8.39. The summed E-state index contributed by atoms with van der Waals surface area (Å²) in [7, 11) is 0. The fourth-order valence-electron chi connectivity index (χ4n) is 1.63. The Morgan fingerprint density at radius 3 is 3.00 bits per heavy atom. The van der Waals surface area contributed by atoms with Gasteiger partial charge in [0.1, 0.15) is 5.76 Å². The largest absolute Gasteiger partial charge is 0.467 e. The summed E-state index contributed by atoms with van der Waals surface area (Å²) in [6.07, 6.45) is 7.44. The molecule has 0 saturated carbocycles. The van der Waals surface area contributed by atoms with Gasteiger partial charge in [-0.2, -0.15) is 0 Å². The molecule has 1 aliphatic rings. The van der Waals surface area contributed by atoms with E-state index >= 15 is 0 Å². The summed E-state index contributed by atoms with van der Waals surface area (Å²) < 4.78 is 5.24. The predicted octanol–water partition coefficient (Wildman–Crippen LogP) is 2.39. The summed E-state index contributed by atoms with van der Waals surface area (Å²) in [5.41, 5.74) is 7.31. The molecule has 0 radical (unpaired) electrons. The van der Waals surface area contributed by atoms with Crippen LogP contribution in [-0.4, -0.2) is 0 Å². The van der Waals surface area contributed by atoms with Crippen molar-refractivity contribution in [2.75, 3.05) is 0 Å². The molecule has 0 fully saturated rings. The van der Waals surface area contributed by atoms with Crippen LogP contribution < -0.4 is 5.73 Å². The van der Waals surface area contributed by atoms with E-state index in [1.54, 1.807) is 6.26 Å². The van der Waals surface area contributed by atoms with Crippen molar-refractivity contribution in [2.24, 2.45) is 5.73 Å². The third kappa shape index (κ3) is 1.30. The molecule has 1 aromatic rings. The fraction of sp³-hybridized carbons (Fsp3) is 0.400. The lowest BCUT2D eigenvalue weighted by molar-refractivity contribution is 0.484. The summed E-state index contributed by atoms with van der Waals surface area (Å²) in [5, 5.41) is 0. The number of furan rings is 1. The van der Waals surface area contributed by atoms with Crippen molar-refractivity contribution < 1.29 is 4.42 Å². The number of allylic oxidation sites excluding steroid dienone is 1. The van der Waals surface area contributed by atoms with E-state index < -0.39 is 0 Å². The molecule has 1 unspecified atom stereocenters. The molecule has 0 bridgehead atoms. The van der Waals surface area contributed by atoms with Gasteiger partial charge in [0.25, 0.3) is 0 Å². The monoisotopic (exact) mass is 163 g/mol. The van der Waals surface area contributed by atoms with Crippen molar-refractivity contribution in [1.82, 2.24) is 0 Å². The predicted molar refractivity (Wildman–Crippen MR) is 47.6 cm³/mol. The third-order valence-electron chi connectivity index (χ3n) is 2.33. The van der Waals surface area contributed by atoms with Crippen LogP contribution in [0.2, 0.25) is 0 Å². The lowest BCUT2D eigenvalue weighted by Gasteiger charge is -2.08. The van der Waals surface area contributed by atoms with Crippen LogP contribution in [-0.2, 0) is 0 Å². The van der Waals surface area contributed by atoms with Crippen LogP contribution in [0.1, 0.15) is 31.1 Å². The Hall–Kier alpha value is -1.02. The standard InChI is InChI=1S/C10H13NO/c11-10(8-4-1-2-5-8)9-6-3-7-12-9/h3-4,6-7,10H,1-2,5,11H2. The molecule has 2 heteroatoms. The second-order valence-electron chi connectivity index (χ2n) is 3.16. The van der Waals surface area contributed by atoms with Crippen LogP contribution in [0, 0.1) is 0 Å². The summed E-state index contributed by atoms with van der Waals surface area (Å²) in [6.45, 7) is 0. The molecule has 64 valence electrons. The highest BCUT2D eigenvalue weighted by Gasteiger charge is 2.16. The molecule has 2 nitrogen and oxygen atoms in total. The summed E-state index contributed by atoms with van der Waals surface area (Å²) in [6, 6.07) is 3.80. The summed E-state index contributed by atoms with van der Waals surface area (Å²) in [4.78, 5) is 0. The van der Waals surface area contributed by atoms with E-state index in [9.17, 15) is 0 Å². The minimum atomic E-state index is -0.0116. The zero-order valence-corrected chi connectivity index (χ0v) is 6.99. The van der Waals surface area contributed by atoms with E-state index in [0.717, 1.165) is 12.2 Å². The van der Waals surface area contributed by atoms with Crippen LogP contribution in [0.3, 0.4) is 0 Å². The van der Waals surface area contributed by atoms with Crippen LogP contribution in [0.15, 0.2) is 34.5 Å². The first-order valence-corrected chi connectivity index (χ1v) is 4.36. The van der Waals surface area contributed by atoms with Crippen LogP contribution >= 0.6 is 0 Å². The van der Waals surface area contributed by atoms with Crippen molar-refractivity contribution in [3.63, 3.8) is 0 Å². The molecule has 12 heavy (non-hydrogen) atoms. The van der Waals surface area contributed by atoms with E-state index in [2.05, 4.69) is 6.08 Å². The van der Waals surface area contributed by atoms with Crippen molar-refractivity contribution in [1.29, 1.82) is 0 Å². The van der Waals surface area contributed by atoms with Gasteiger partial charge in [-0.15, -0.1) is 0 Å². The molecule has 1 aromatic heterocycles. The van der Waals surface area contributed by atoms with Crippen LogP contribution in [0.4, 0.5) is 0 Å². The van der Waals surface area contributed by atoms with Gasteiger partial charge in [0.15, 0.2) is 0 Å². The summed E-state index contributed by atoms with van der Waals surface area (Å²) >= 11 is 0. The first kappa shape index (κ1) is 7.62. The normalized spacial score (nSPS) is 19.2. The third-order valence-corrected chi connectivity index (χ3v) is 2.33. The van der Waals surface area contributed by atoms with E-state index in [-0.39, 0.29) is 6.04 Å². The number of hydrogen-bond donors (Lipinski definition) is 1. The molecule has 1 heterocycles. The number of nitrogens with two attached hydrogens (primary N) is 1. The Kier molecular flexibility index (Phi) is 2.00. The van der Waals surface area contributed by atoms with Gasteiger partial charge in [-0.25, -0.2) is 0 Å². The lowest BCUT2D eigenvalue weighted by Crippen LogP contribution is -2.10. The molecule has 2 N–H and O–H groups in total. The minimum Gasteiger partial charge on any atom is -0.467 e. The molecule has 0 aliphatic heterocycles. The van der Waals surface area contributed by atoms with Crippen LogP contribution in [0.25, 0.3) is 0 Å². The Morgan fingerprint density at radius 2 is 2.42 bits per heavy atom. The van der Waals surface area contributed by atoms with E-state index in [1.165, 1.54) is 18.4 Å². The highest BCUT2D eigenvalue weighted by atomic mass is 16.3. The van der Waals surface area contributed by atoms with Gasteiger partial charge < -0.3 is 10.2 Å². The molecular formula is C10H13NO. The van der Waals surface area contributed by atoms with Crippen molar-refractivity contribution in [2.45, 2.75) is 25.3 Å². The molecule has 1 atom stereocenters. The van der Waals surface area contributed by atoms with Gasteiger partial charge in [-0.3, -0.25) is 0 Å². The lowest BCUT2D eigenvalue weighted by atomic mass is 10.1. The van der Waals surface area contributed by atoms with E-state index in [4.69, 9.17) is 10.2 Å². The van der Waals surface area contributed by atoms with Gasteiger partial charge in [0, 0.05) is 0 Å². The quantitative estimate of drug-likeness (QED) is 0.680. The van der Waals surface area contributed by atoms with Gasteiger partial charge in [-0.1, -0.05) is 6.08 Å². The highest BCUT2D eigenvalue weighted by molar-refractivity contribution is 5.22. The molecule has 0 aromatic carbocycles. The van der Waals surface area contributed by atoms with Gasteiger partial charge >= 0.3 is 0 Å². The smallest absolute Gasteiger partial charge is 0.124 e. The average Bonchev–Trinajstić information content (AvgIpc) is 2.77. The highest BCUT2D eigenvalue weighted by Crippen LogP contribution is 2.28. The van der Waals surface area contributed by atoms with Gasteiger partial charge in [-0.05, 0) is 37.0 Å². The number of rotatable bonds is 2. The van der Waals surface area contributed by atoms with Crippen molar-refractivity contribution in [3.05, 3.63) is 35.8 Å². The summed E-state index contributed by atoms with van der Waals surface area (Å²) in [5.74, 6) is 0.878. The van der Waals surface area contributed by atoms with Crippen LogP contribution in [0.5, 0.6) is 0 Å². The molecule has 0 amide bonds. The second-order valence-corrected chi connectivity index (χ2v) is 3.16. The average molecular weight is 163 g/mol. The Labute approximate surface area is 72.1 Å². The molecule has 0 saturated heterocycles. The topological polar surface area (TPSA) is 39.2 Å². The Balaban J connectivity index is 2.14. The minimum absolute atomic E-state index is 0.0116. The first-order valence-electron chi connectivity index (χ1n) is 4.36. The zero-order valence-electron chi connectivity index (χ0n) is 6.99. The van der Waals surface area contributed by atoms with E-state index in [1.807, 2.05) is 12.1 Å².